The molecule has 2 heterocycles. The second-order valence-corrected chi connectivity index (χ2v) is 11.1. The number of likely N-dealkylation sites (tertiary alicyclic amines) is 1. The Labute approximate surface area is 227 Å². The molecule has 2 aromatic rings. The SMILES string of the molecule is CC(C)CC1C(=O)N(CC(=O)N2CCC(OC(=O)O)CC2)CC(c2ccccc2Cl)c2cc(Cl)ccc21. The van der Waals surface area contributed by atoms with Gasteiger partial charge in [-0.2, -0.15) is 0 Å². The molecular weight excluding hydrogens is 515 g/mol. The molecule has 9 heteroatoms. The molecule has 1 N–H and O–H groups in total. The number of ether oxygens (including phenoxy) is 1. The Morgan fingerprint density at radius 3 is 2.41 bits per heavy atom. The first-order chi connectivity index (χ1) is 17.6. The molecule has 0 bridgehead atoms. The summed E-state index contributed by atoms with van der Waals surface area (Å²) >= 11 is 13.1. The van der Waals surface area contributed by atoms with Crippen LogP contribution in [0.1, 0.15) is 61.6 Å². The van der Waals surface area contributed by atoms with Crippen LogP contribution in [0.25, 0.3) is 0 Å². The van der Waals surface area contributed by atoms with Crippen molar-refractivity contribution in [3.05, 3.63) is 69.2 Å². The van der Waals surface area contributed by atoms with Gasteiger partial charge in [0.2, 0.25) is 11.8 Å². The van der Waals surface area contributed by atoms with E-state index in [9.17, 15) is 14.4 Å². The van der Waals surface area contributed by atoms with Crippen molar-refractivity contribution in [2.45, 2.75) is 51.0 Å². The molecule has 0 aromatic heterocycles. The van der Waals surface area contributed by atoms with Crippen LogP contribution in [0.15, 0.2) is 42.5 Å². The Kier molecular flexibility index (Phi) is 8.65. The lowest BCUT2D eigenvalue weighted by Crippen LogP contribution is -2.48. The topological polar surface area (TPSA) is 87.2 Å². The highest BCUT2D eigenvalue weighted by Crippen LogP contribution is 2.41. The highest BCUT2D eigenvalue weighted by Gasteiger charge is 2.38. The lowest BCUT2D eigenvalue weighted by atomic mass is 9.82. The van der Waals surface area contributed by atoms with Crippen molar-refractivity contribution in [3.8, 4) is 0 Å². The molecule has 2 aromatic carbocycles. The Morgan fingerprint density at radius 2 is 1.76 bits per heavy atom. The molecule has 1 fully saturated rings. The largest absolute Gasteiger partial charge is 0.506 e. The second kappa shape index (κ2) is 11.7. The monoisotopic (exact) mass is 546 g/mol. The predicted molar refractivity (Wildman–Crippen MR) is 142 cm³/mol. The summed E-state index contributed by atoms with van der Waals surface area (Å²) in [7, 11) is 0. The summed E-state index contributed by atoms with van der Waals surface area (Å²) in [4.78, 5) is 41.5. The van der Waals surface area contributed by atoms with Gasteiger partial charge >= 0.3 is 6.16 Å². The molecule has 1 saturated heterocycles. The fourth-order valence-electron chi connectivity index (χ4n) is 5.42. The molecule has 0 spiro atoms. The van der Waals surface area contributed by atoms with E-state index in [2.05, 4.69) is 13.8 Å². The van der Waals surface area contributed by atoms with E-state index in [1.165, 1.54) is 0 Å². The van der Waals surface area contributed by atoms with Crippen LogP contribution in [0.5, 0.6) is 0 Å². The first kappa shape index (κ1) is 27.3. The van der Waals surface area contributed by atoms with Gasteiger partial charge in [-0.1, -0.05) is 61.3 Å². The molecule has 37 heavy (non-hydrogen) atoms. The third kappa shape index (κ3) is 6.39. The summed E-state index contributed by atoms with van der Waals surface area (Å²) in [5.74, 6) is -0.620. The Balaban J connectivity index is 1.65. The highest BCUT2D eigenvalue weighted by molar-refractivity contribution is 6.31. The maximum atomic E-state index is 14.0. The van der Waals surface area contributed by atoms with E-state index < -0.39 is 18.2 Å². The van der Waals surface area contributed by atoms with Gasteiger partial charge in [-0.05, 0) is 47.2 Å². The van der Waals surface area contributed by atoms with Crippen molar-refractivity contribution < 1.29 is 24.2 Å². The predicted octanol–water partition coefficient (Wildman–Crippen LogP) is 5.78. The van der Waals surface area contributed by atoms with E-state index in [4.69, 9.17) is 33.0 Å². The lowest BCUT2D eigenvalue weighted by Gasteiger charge is -2.34. The van der Waals surface area contributed by atoms with Crippen LogP contribution in [-0.4, -0.2) is 65.2 Å². The zero-order valence-electron chi connectivity index (χ0n) is 21.0. The molecule has 0 aliphatic carbocycles. The second-order valence-electron chi connectivity index (χ2n) is 10.2. The van der Waals surface area contributed by atoms with Crippen molar-refractivity contribution in [1.82, 2.24) is 9.80 Å². The number of carboxylic acid groups (broad SMARTS) is 1. The van der Waals surface area contributed by atoms with Crippen LogP contribution in [-0.2, 0) is 14.3 Å². The van der Waals surface area contributed by atoms with E-state index in [1.807, 2.05) is 42.5 Å². The Morgan fingerprint density at radius 1 is 1.05 bits per heavy atom. The maximum Gasteiger partial charge on any atom is 0.506 e. The number of carbonyl (C=O) groups is 3. The fraction of sp³-hybridized carbons (Fsp3) is 0.464. The highest BCUT2D eigenvalue weighted by atomic mass is 35.5. The van der Waals surface area contributed by atoms with E-state index in [0.717, 1.165) is 16.7 Å². The molecular formula is C28H32Cl2N2O5. The van der Waals surface area contributed by atoms with Gasteiger partial charge in [-0.3, -0.25) is 9.59 Å². The third-order valence-corrected chi connectivity index (χ3v) is 7.77. The van der Waals surface area contributed by atoms with Gasteiger partial charge < -0.3 is 19.6 Å². The molecule has 7 nitrogen and oxygen atoms in total. The van der Waals surface area contributed by atoms with E-state index in [0.29, 0.717) is 48.9 Å². The van der Waals surface area contributed by atoms with Crippen molar-refractivity contribution in [3.63, 3.8) is 0 Å². The molecule has 2 unspecified atom stereocenters. The summed E-state index contributed by atoms with van der Waals surface area (Å²) in [5.41, 5.74) is 2.77. The maximum absolute atomic E-state index is 14.0. The lowest BCUT2D eigenvalue weighted by molar-refractivity contribution is -0.142. The number of halogens is 2. The minimum Gasteiger partial charge on any atom is -0.450 e. The van der Waals surface area contributed by atoms with Gasteiger partial charge in [-0.15, -0.1) is 0 Å². The number of amides is 2. The van der Waals surface area contributed by atoms with Gasteiger partial charge in [0.25, 0.3) is 0 Å². The van der Waals surface area contributed by atoms with Gasteiger partial charge in [0.1, 0.15) is 6.10 Å². The number of nitrogens with zero attached hydrogens (tertiary/aromatic N) is 2. The molecule has 198 valence electrons. The number of hydrogen-bond acceptors (Lipinski definition) is 4. The summed E-state index contributed by atoms with van der Waals surface area (Å²) in [6.07, 6.45) is -0.199. The average molecular weight is 547 g/mol. The van der Waals surface area contributed by atoms with Gasteiger partial charge in [0.15, 0.2) is 0 Å². The van der Waals surface area contributed by atoms with E-state index in [-0.39, 0.29) is 30.2 Å². The number of carbonyl (C=O) groups excluding carboxylic acids is 2. The molecule has 2 amide bonds. The minimum atomic E-state index is -1.30. The fourth-order valence-corrected chi connectivity index (χ4v) is 5.87. The smallest absolute Gasteiger partial charge is 0.450 e. The molecule has 2 aliphatic rings. The normalized spacial score (nSPS) is 20.5. The van der Waals surface area contributed by atoms with Crippen molar-refractivity contribution in [2.24, 2.45) is 5.92 Å². The van der Waals surface area contributed by atoms with Crippen LogP contribution < -0.4 is 0 Å². The Hall–Kier alpha value is -2.77. The standard InChI is InChI=1S/C28H32Cl2N2O5/c1-17(2)13-23-20-8-7-18(29)14-22(20)24(21-5-3-4-6-25(21)30)15-32(27(23)34)16-26(33)31-11-9-19(10-12-31)37-28(35)36/h3-8,14,17,19,23-24H,9-13,15-16H2,1-2H3,(H,35,36). The Bertz CT molecular complexity index is 1160. The van der Waals surface area contributed by atoms with Crippen LogP contribution in [0.2, 0.25) is 10.0 Å². The number of hydrogen-bond donors (Lipinski definition) is 1. The number of piperidine rings is 1. The minimum absolute atomic E-state index is 0.0550. The zero-order valence-corrected chi connectivity index (χ0v) is 22.5. The zero-order chi connectivity index (χ0) is 26.7. The van der Waals surface area contributed by atoms with Gasteiger partial charge in [0, 0.05) is 48.4 Å². The van der Waals surface area contributed by atoms with Crippen LogP contribution in [0.4, 0.5) is 4.79 Å². The van der Waals surface area contributed by atoms with Crippen LogP contribution in [0, 0.1) is 5.92 Å². The molecule has 0 radical (unpaired) electrons. The summed E-state index contributed by atoms with van der Waals surface area (Å²) < 4.78 is 4.86. The number of rotatable bonds is 6. The van der Waals surface area contributed by atoms with Gasteiger partial charge in [0.05, 0.1) is 12.5 Å². The molecule has 2 atom stereocenters. The molecule has 0 saturated carbocycles. The van der Waals surface area contributed by atoms with Crippen molar-refractivity contribution in [1.29, 1.82) is 0 Å². The van der Waals surface area contributed by atoms with Crippen LogP contribution in [0.3, 0.4) is 0 Å². The third-order valence-electron chi connectivity index (χ3n) is 7.19. The van der Waals surface area contributed by atoms with E-state index in [1.54, 1.807) is 9.80 Å². The number of fused-ring (bicyclic) bond motifs is 1. The van der Waals surface area contributed by atoms with Crippen molar-refractivity contribution in [2.75, 3.05) is 26.2 Å². The van der Waals surface area contributed by atoms with Crippen molar-refractivity contribution >= 4 is 41.2 Å². The summed E-state index contributed by atoms with van der Waals surface area (Å²) in [6, 6.07) is 13.2. The first-order valence-corrected chi connectivity index (χ1v) is 13.4. The van der Waals surface area contributed by atoms with Gasteiger partial charge in [-0.25, -0.2) is 4.79 Å². The summed E-state index contributed by atoms with van der Waals surface area (Å²) in [6.45, 7) is 5.18. The van der Waals surface area contributed by atoms with Crippen LogP contribution >= 0.6 is 23.2 Å². The molecule has 4 rings (SSSR count). The molecule has 2 aliphatic heterocycles. The average Bonchev–Trinajstić information content (AvgIpc) is 2.94. The van der Waals surface area contributed by atoms with E-state index >= 15 is 0 Å². The quantitative estimate of drug-likeness (QED) is 0.463. The first-order valence-electron chi connectivity index (χ1n) is 12.6. The number of benzene rings is 2. The summed E-state index contributed by atoms with van der Waals surface area (Å²) in [5, 5.41) is 10.0.